The number of carboxylic acid groups (broad SMARTS) is 1. The van der Waals surface area contributed by atoms with Crippen molar-refractivity contribution in [2.24, 2.45) is 0 Å². The van der Waals surface area contributed by atoms with Gasteiger partial charge in [-0.15, -0.1) is 0 Å². The minimum Gasteiger partial charge on any atom is -0.480 e. The molecule has 5 rings (SSSR count). The molecule has 2 aliphatic rings. The maximum Gasteiger partial charge on any atom is 0.407 e. The first-order chi connectivity index (χ1) is 17.0. The first-order valence-electron chi connectivity index (χ1n) is 11.7. The lowest BCUT2D eigenvalue weighted by atomic mass is 9.98. The maximum absolute atomic E-state index is 13.4. The van der Waals surface area contributed by atoms with E-state index in [4.69, 9.17) is 4.74 Å². The molecule has 178 valence electrons. The normalized spacial score (nSPS) is 16.7. The summed E-state index contributed by atoms with van der Waals surface area (Å²) in [6.07, 6.45) is -0.168. The van der Waals surface area contributed by atoms with Crippen LogP contribution in [-0.4, -0.2) is 41.8 Å². The highest BCUT2D eigenvalue weighted by Gasteiger charge is 2.41. The lowest BCUT2D eigenvalue weighted by Gasteiger charge is -2.27. The zero-order valence-electron chi connectivity index (χ0n) is 19.3. The van der Waals surface area contributed by atoms with E-state index in [1.165, 1.54) is 4.90 Å². The molecule has 1 aliphatic heterocycles. The van der Waals surface area contributed by atoms with Gasteiger partial charge in [-0.05, 0) is 40.3 Å². The second kappa shape index (κ2) is 9.25. The van der Waals surface area contributed by atoms with Crippen LogP contribution in [0.4, 0.5) is 10.5 Å². The van der Waals surface area contributed by atoms with Gasteiger partial charge in [0.25, 0.3) is 5.91 Å². The zero-order valence-corrected chi connectivity index (χ0v) is 19.3. The molecule has 0 saturated heterocycles. The summed E-state index contributed by atoms with van der Waals surface area (Å²) in [7, 11) is 0. The van der Waals surface area contributed by atoms with Crippen LogP contribution in [0.5, 0.6) is 0 Å². The average Bonchev–Trinajstić information content (AvgIpc) is 3.42. The Bertz CT molecular complexity index is 1260. The van der Waals surface area contributed by atoms with Crippen LogP contribution in [0.15, 0.2) is 72.8 Å². The number of hydrogen-bond donors (Lipinski definition) is 2. The van der Waals surface area contributed by atoms with Crippen LogP contribution in [0.1, 0.15) is 36.0 Å². The molecule has 3 aromatic carbocycles. The molecule has 0 fully saturated rings. The summed E-state index contributed by atoms with van der Waals surface area (Å²) in [4.78, 5) is 39.3. The van der Waals surface area contributed by atoms with Gasteiger partial charge in [-0.2, -0.15) is 0 Å². The standard InChI is InChI=1S/C28H26N2O5/c1-2-23(26(31)30-24-14-8-3-9-17(24)15-25(30)27(32)33)29-28(34)35-16-22-20-12-6-4-10-18(20)19-11-5-7-13-21(19)22/h3-14,22-23,25H,2,15-16H2,1H3,(H,29,34)(H,32,33)/t23-,25+/m1/s1. The monoisotopic (exact) mass is 470 g/mol. The Morgan fingerprint density at radius 3 is 2.20 bits per heavy atom. The minimum absolute atomic E-state index is 0.0919. The first-order valence-corrected chi connectivity index (χ1v) is 11.7. The van der Waals surface area contributed by atoms with Crippen LogP contribution >= 0.6 is 0 Å². The summed E-state index contributed by atoms with van der Waals surface area (Å²) in [6.45, 7) is 1.90. The Morgan fingerprint density at radius 1 is 0.971 bits per heavy atom. The van der Waals surface area contributed by atoms with Gasteiger partial charge in [0, 0.05) is 18.0 Å². The fourth-order valence-corrected chi connectivity index (χ4v) is 5.14. The molecule has 0 unspecified atom stereocenters. The average molecular weight is 471 g/mol. The highest BCUT2D eigenvalue weighted by Crippen LogP contribution is 2.44. The minimum atomic E-state index is -1.08. The van der Waals surface area contributed by atoms with Crippen molar-refractivity contribution in [2.45, 2.75) is 37.8 Å². The van der Waals surface area contributed by atoms with Crippen molar-refractivity contribution in [2.75, 3.05) is 11.5 Å². The molecule has 1 aliphatic carbocycles. The summed E-state index contributed by atoms with van der Waals surface area (Å²) in [5.74, 6) is -1.63. The smallest absolute Gasteiger partial charge is 0.407 e. The van der Waals surface area contributed by atoms with E-state index in [9.17, 15) is 19.5 Å². The number of fused-ring (bicyclic) bond motifs is 4. The van der Waals surface area contributed by atoms with Crippen molar-refractivity contribution in [1.82, 2.24) is 5.32 Å². The van der Waals surface area contributed by atoms with Crippen molar-refractivity contribution in [3.05, 3.63) is 89.5 Å². The van der Waals surface area contributed by atoms with Crippen molar-refractivity contribution in [3.8, 4) is 11.1 Å². The summed E-state index contributed by atoms with van der Waals surface area (Å²) in [6, 6.07) is 21.3. The van der Waals surface area contributed by atoms with E-state index >= 15 is 0 Å². The number of nitrogens with zero attached hydrogens (tertiary/aromatic N) is 1. The number of rotatable bonds is 6. The molecular formula is C28H26N2O5. The van der Waals surface area contributed by atoms with Gasteiger partial charge in [0.2, 0.25) is 0 Å². The Morgan fingerprint density at radius 2 is 1.57 bits per heavy atom. The number of anilines is 1. The van der Waals surface area contributed by atoms with Crippen LogP contribution in [0.25, 0.3) is 11.1 Å². The molecule has 7 nitrogen and oxygen atoms in total. The summed E-state index contributed by atoms with van der Waals surface area (Å²) >= 11 is 0. The molecule has 2 atom stereocenters. The van der Waals surface area contributed by atoms with Crippen molar-refractivity contribution >= 4 is 23.7 Å². The van der Waals surface area contributed by atoms with E-state index in [0.717, 1.165) is 27.8 Å². The van der Waals surface area contributed by atoms with E-state index < -0.39 is 30.1 Å². The molecule has 35 heavy (non-hydrogen) atoms. The topological polar surface area (TPSA) is 95.9 Å². The van der Waals surface area contributed by atoms with Gasteiger partial charge >= 0.3 is 12.1 Å². The molecule has 0 saturated carbocycles. The number of benzene rings is 3. The van der Waals surface area contributed by atoms with Crippen LogP contribution in [0.3, 0.4) is 0 Å². The van der Waals surface area contributed by atoms with Gasteiger partial charge in [-0.25, -0.2) is 9.59 Å². The largest absolute Gasteiger partial charge is 0.480 e. The number of para-hydroxylation sites is 1. The number of amides is 2. The van der Waals surface area contributed by atoms with E-state index in [0.29, 0.717) is 12.1 Å². The Kier molecular flexibility index (Phi) is 5.99. The number of alkyl carbamates (subject to hydrolysis) is 1. The van der Waals surface area contributed by atoms with Crippen molar-refractivity contribution in [3.63, 3.8) is 0 Å². The van der Waals surface area contributed by atoms with Gasteiger partial charge in [0.1, 0.15) is 18.7 Å². The van der Waals surface area contributed by atoms with E-state index in [2.05, 4.69) is 17.4 Å². The summed E-state index contributed by atoms with van der Waals surface area (Å²) in [5, 5.41) is 12.4. The number of nitrogens with one attached hydrogen (secondary N) is 1. The predicted octanol–water partition coefficient (Wildman–Crippen LogP) is 4.35. The van der Waals surface area contributed by atoms with Crippen LogP contribution in [-0.2, 0) is 20.7 Å². The molecule has 0 radical (unpaired) electrons. The molecule has 0 bridgehead atoms. The molecule has 7 heteroatoms. The molecule has 2 amide bonds. The Balaban J connectivity index is 1.29. The fourth-order valence-electron chi connectivity index (χ4n) is 5.14. The third-order valence-electron chi connectivity index (χ3n) is 6.84. The fraction of sp³-hybridized carbons (Fsp3) is 0.250. The number of ether oxygens (including phenoxy) is 1. The lowest BCUT2D eigenvalue weighted by Crippen LogP contribution is -2.53. The second-order valence-corrected chi connectivity index (χ2v) is 8.83. The zero-order chi connectivity index (χ0) is 24.5. The number of carboxylic acids is 1. The molecule has 1 heterocycles. The highest BCUT2D eigenvalue weighted by atomic mass is 16.5. The van der Waals surface area contributed by atoms with Crippen molar-refractivity contribution < 1.29 is 24.2 Å². The van der Waals surface area contributed by atoms with E-state index in [1.807, 2.05) is 48.5 Å². The predicted molar refractivity (Wildman–Crippen MR) is 131 cm³/mol. The van der Waals surface area contributed by atoms with Crippen LogP contribution in [0.2, 0.25) is 0 Å². The number of aliphatic carboxylic acids is 1. The maximum atomic E-state index is 13.4. The SMILES string of the molecule is CC[C@@H](NC(=O)OCC1c2ccccc2-c2ccccc21)C(=O)N1c2ccccc2C[C@H]1C(=O)O. The second-order valence-electron chi connectivity index (χ2n) is 8.83. The van der Waals surface area contributed by atoms with Gasteiger partial charge < -0.3 is 15.2 Å². The number of carbonyl (C=O) groups excluding carboxylic acids is 2. The Labute approximate surface area is 203 Å². The van der Waals surface area contributed by atoms with Gasteiger partial charge in [0.05, 0.1) is 0 Å². The van der Waals surface area contributed by atoms with Gasteiger partial charge in [0.15, 0.2) is 0 Å². The van der Waals surface area contributed by atoms with E-state index in [-0.39, 0.29) is 18.9 Å². The Hall–Kier alpha value is -4.13. The van der Waals surface area contributed by atoms with Crippen LogP contribution in [0, 0.1) is 0 Å². The number of carbonyl (C=O) groups is 3. The van der Waals surface area contributed by atoms with E-state index in [1.54, 1.807) is 19.1 Å². The van der Waals surface area contributed by atoms with Crippen molar-refractivity contribution in [1.29, 1.82) is 0 Å². The first kappa shape index (κ1) is 22.7. The molecular weight excluding hydrogens is 444 g/mol. The molecule has 3 aromatic rings. The molecule has 0 aromatic heterocycles. The number of hydrogen-bond acceptors (Lipinski definition) is 4. The van der Waals surface area contributed by atoms with Gasteiger partial charge in [-0.1, -0.05) is 73.7 Å². The lowest BCUT2D eigenvalue weighted by molar-refractivity contribution is -0.140. The molecule has 2 N–H and O–H groups in total. The van der Waals surface area contributed by atoms with Gasteiger partial charge in [-0.3, -0.25) is 9.69 Å². The summed E-state index contributed by atoms with van der Waals surface area (Å²) < 4.78 is 5.59. The molecule has 0 spiro atoms. The third-order valence-corrected chi connectivity index (χ3v) is 6.84. The third kappa shape index (κ3) is 4.03. The quantitative estimate of drug-likeness (QED) is 0.559. The summed E-state index contributed by atoms with van der Waals surface area (Å²) in [5.41, 5.74) is 5.82. The highest BCUT2D eigenvalue weighted by molar-refractivity contribution is 6.05. The van der Waals surface area contributed by atoms with Crippen LogP contribution < -0.4 is 10.2 Å².